The minimum atomic E-state index is -0.382. The van der Waals surface area contributed by atoms with Gasteiger partial charge in [0, 0.05) is 35.8 Å². The van der Waals surface area contributed by atoms with Crippen molar-refractivity contribution in [1.29, 1.82) is 0 Å². The number of nitrogens with zero attached hydrogens (tertiary/aromatic N) is 4. The van der Waals surface area contributed by atoms with Crippen LogP contribution in [0.5, 0.6) is 0 Å². The fourth-order valence-electron chi connectivity index (χ4n) is 2.86. The largest absolute Gasteiger partial charge is 0.322 e. The number of benzene rings is 2. The lowest BCUT2D eigenvalue weighted by molar-refractivity contribution is -0.383. The zero-order valence-corrected chi connectivity index (χ0v) is 14.7. The van der Waals surface area contributed by atoms with Crippen molar-refractivity contribution in [2.75, 3.05) is 0 Å². The van der Waals surface area contributed by atoms with Gasteiger partial charge < -0.3 is 4.57 Å². The topological polar surface area (TPSA) is 73.8 Å². The fourth-order valence-corrected chi connectivity index (χ4v) is 3.82. The molecule has 2 heterocycles. The minimum absolute atomic E-state index is 0.0577. The van der Waals surface area contributed by atoms with Crippen molar-refractivity contribution in [3.8, 4) is 11.3 Å². The number of nitro groups is 1. The molecular formula is C19H14N4O2S. The Balaban J connectivity index is 1.76. The number of pyridine rings is 1. The highest BCUT2D eigenvalue weighted by atomic mass is 32.2. The van der Waals surface area contributed by atoms with Gasteiger partial charge >= 0.3 is 0 Å². The highest BCUT2D eigenvalue weighted by Crippen LogP contribution is 2.37. The van der Waals surface area contributed by atoms with E-state index < -0.39 is 0 Å². The first-order valence-corrected chi connectivity index (χ1v) is 8.73. The zero-order valence-electron chi connectivity index (χ0n) is 13.9. The maximum atomic E-state index is 11.3. The molecule has 0 saturated heterocycles. The third kappa shape index (κ3) is 2.82. The van der Waals surface area contributed by atoms with Crippen LogP contribution in [-0.4, -0.2) is 19.5 Å². The van der Waals surface area contributed by atoms with E-state index in [2.05, 4.69) is 9.97 Å². The van der Waals surface area contributed by atoms with Gasteiger partial charge in [0.25, 0.3) is 5.69 Å². The van der Waals surface area contributed by atoms with Gasteiger partial charge in [-0.3, -0.25) is 15.1 Å². The molecule has 128 valence electrons. The lowest BCUT2D eigenvalue weighted by atomic mass is 10.1. The number of non-ortho nitro benzene ring substituents is 1. The van der Waals surface area contributed by atoms with E-state index >= 15 is 0 Å². The van der Waals surface area contributed by atoms with Gasteiger partial charge in [-0.25, -0.2) is 4.98 Å². The number of hydrogen-bond donors (Lipinski definition) is 0. The lowest BCUT2D eigenvalue weighted by Crippen LogP contribution is -1.95. The summed E-state index contributed by atoms with van der Waals surface area (Å²) in [6.45, 7) is 0. The summed E-state index contributed by atoms with van der Waals surface area (Å²) in [4.78, 5) is 20.3. The van der Waals surface area contributed by atoms with Crippen LogP contribution >= 0.6 is 11.8 Å². The maximum absolute atomic E-state index is 11.3. The third-order valence-corrected chi connectivity index (χ3v) is 5.31. The van der Waals surface area contributed by atoms with Crippen molar-refractivity contribution in [3.05, 3.63) is 77.2 Å². The predicted molar refractivity (Wildman–Crippen MR) is 101 cm³/mol. The van der Waals surface area contributed by atoms with Crippen LogP contribution in [0.25, 0.3) is 22.0 Å². The van der Waals surface area contributed by atoms with Crippen molar-refractivity contribution in [2.45, 2.75) is 10.1 Å². The summed E-state index contributed by atoms with van der Waals surface area (Å²) >= 11 is 1.48. The van der Waals surface area contributed by atoms with Gasteiger partial charge in [0.05, 0.1) is 22.2 Å². The highest BCUT2D eigenvalue weighted by Gasteiger charge is 2.17. The molecule has 0 bridgehead atoms. The van der Waals surface area contributed by atoms with Crippen LogP contribution in [0.3, 0.4) is 0 Å². The Morgan fingerprint density at radius 3 is 2.62 bits per heavy atom. The van der Waals surface area contributed by atoms with Gasteiger partial charge in [-0.2, -0.15) is 0 Å². The molecule has 2 aromatic heterocycles. The predicted octanol–water partition coefficient (Wildman–Crippen LogP) is 4.69. The van der Waals surface area contributed by atoms with E-state index in [4.69, 9.17) is 0 Å². The quantitative estimate of drug-likeness (QED) is 0.389. The zero-order chi connectivity index (χ0) is 18.1. The standard InChI is InChI=1S/C19H14N4O2S/c1-22-17(13-5-3-2-4-6-13)12-21-19(22)26-18-8-7-16(23(24)25)15-11-20-10-9-14(15)18/h2-12H,1H3. The maximum Gasteiger partial charge on any atom is 0.278 e. The van der Waals surface area contributed by atoms with Crippen LogP contribution in [0.2, 0.25) is 0 Å². The molecule has 0 aliphatic heterocycles. The minimum Gasteiger partial charge on any atom is -0.322 e. The van der Waals surface area contributed by atoms with E-state index in [9.17, 15) is 10.1 Å². The second-order valence-electron chi connectivity index (χ2n) is 5.71. The van der Waals surface area contributed by atoms with Crippen molar-refractivity contribution >= 4 is 28.2 Å². The van der Waals surface area contributed by atoms with Crippen LogP contribution < -0.4 is 0 Å². The van der Waals surface area contributed by atoms with Crippen molar-refractivity contribution in [1.82, 2.24) is 14.5 Å². The van der Waals surface area contributed by atoms with Gasteiger partial charge in [-0.1, -0.05) is 42.1 Å². The van der Waals surface area contributed by atoms with E-state index in [1.165, 1.54) is 24.0 Å². The Morgan fingerprint density at radius 1 is 1.04 bits per heavy atom. The van der Waals surface area contributed by atoms with E-state index in [1.54, 1.807) is 18.3 Å². The molecule has 4 rings (SSSR count). The summed E-state index contributed by atoms with van der Waals surface area (Å²) in [5, 5.41) is 13.4. The number of rotatable bonds is 4. The molecule has 0 aliphatic rings. The molecule has 0 amide bonds. The molecule has 0 fully saturated rings. The molecular weight excluding hydrogens is 348 g/mol. The van der Waals surface area contributed by atoms with Crippen LogP contribution in [-0.2, 0) is 7.05 Å². The second kappa shape index (κ2) is 6.61. The van der Waals surface area contributed by atoms with Gasteiger partial charge in [0.2, 0.25) is 0 Å². The van der Waals surface area contributed by atoms with Gasteiger partial charge in [-0.15, -0.1) is 0 Å². The van der Waals surface area contributed by atoms with Crippen molar-refractivity contribution < 1.29 is 4.92 Å². The molecule has 26 heavy (non-hydrogen) atoms. The first-order chi connectivity index (χ1) is 12.6. The Morgan fingerprint density at radius 2 is 1.85 bits per heavy atom. The third-order valence-electron chi connectivity index (χ3n) is 4.17. The molecule has 0 aliphatic carbocycles. The Bertz CT molecular complexity index is 1110. The van der Waals surface area contributed by atoms with Crippen molar-refractivity contribution in [2.24, 2.45) is 7.05 Å². The first-order valence-electron chi connectivity index (χ1n) is 7.91. The van der Waals surface area contributed by atoms with E-state index in [0.29, 0.717) is 5.39 Å². The molecule has 6 nitrogen and oxygen atoms in total. The van der Waals surface area contributed by atoms with Crippen molar-refractivity contribution in [3.63, 3.8) is 0 Å². The molecule has 0 N–H and O–H groups in total. The average Bonchev–Trinajstić information content (AvgIpc) is 3.03. The molecule has 2 aromatic carbocycles. The monoisotopic (exact) mass is 362 g/mol. The first kappa shape index (κ1) is 16.3. The smallest absolute Gasteiger partial charge is 0.278 e. The fraction of sp³-hybridized carbons (Fsp3) is 0.0526. The highest BCUT2D eigenvalue weighted by molar-refractivity contribution is 7.99. The number of imidazole rings is 1. The van der Waals surface area contributed by atoms with Crippen LogP contribution in [0.1, 0.15) is 0 Å². The summed E-state index contributed by atoms with van der Waals surface area (Å²) in [5.41, 5.74) is 2.16. The molecule has 4 aromatic rings. The summed E-state index contributed by atoms with van der Waals surface area (Å²) < 4.78 is 2.02. The Kier molecular flexibility index (Phi) is 4.14. The van der Waals surface area contributed by atoms with Gasteiger partial charge in [0.1, 0.15) is 0 Å². The number of fused-ring (bicyclic) bond motifs is 1. The SMILES string of the molecule is Cn1c(-c2ccccc2)cnc1Sc1ccc([N+](=O)[O-])c2cnccc12. The normalized spacial score (nSPS) is 11.0. The Hall–Kier alpha value is -3.19. The molecule has 0 unspecified atom stereocenters. The van der Waals surface area contributed by atoms with E-state index in [-0.39, 0.29) is 10.6 Å². The molecule has 0 radical (unpaired) electrons. The van der Waals surface area contributed by atoms with Crippen LogP contribution in [0.4, 0.5) is 5.69 Å². The van der Waals surface area contributed by atoms with Gasteiger partial charge in [-0.05, 0) is 17.7 Å². The summed E-state index contributed by atoms with van der Waals surface area (Å²) in [6.07, 6.45) is 5.02. The van der Waals surface area contributed by atoms with Gasteiger partial charge in [0.15, 0.2) is 5.16 Å². The Labute approximate surface area is 153 Å². The summed E-state index contributed by atoms with van der Waals surface area (Å²) in [7, 11) is 1.97. The molecule has 0 saturated carbocycles. The number of hydrogen-bond acceptors (Lipinski definition) is 5. The molecule has 0 spiro atoms. The second-order valence-corrected chi connectivity index (χ2v) is 6.72. The number of aromatic nitrogens is 3. The summed E-state index contributed by atoms with van der Waals surface area (Å²) in [5.74, 6) is 0. The van der Waals surface area contributed by atoms with Crippen LogP contribution in [0, 0.1) is 10.1 Å². The van der Waals surface area contributed by atoms with E-state index in [0.717, 1.165) is 26.7 Å². The lowest BCUT2D eigenvalue weighted by Gasteiger charge is -2.08. The molecule has 0 atom stereocenters. The average molecular weight is 362 g/mol. The summed E-state index contributed by atoms with van der Waals surface area (Å²) in [6, 6.07) is 15.1. The van der Waals surface area contributed by atoms with E-state index in [1.807, 2.05) is 48.1 Å². The number of nitro benzene ring substituents is 1. The molecule has 7 heteroatoms. The van der Waals surface area contributed by atoms with Crippen LogP contribution in [0.15, 0.2) is 77.2 Å².